The lowest BCUT2D eigenvalue weighted by molar-refractivity contribution is -0.145. The number of aliphatic carboxylic acids is 1. The Morgan fingerprint density at radius 1 is 0.906 bits per heavy atom. The van der Waals surface area contributed by atoms with Crippen LogP contribution in [0, 0.1) is 5.92 Å². The maximum absolute atomic E-state index is 12.8. The van der Waals surface area contributed by atoms with E-state index >= 15 is 0 Å². The van der Waals surface area contributed by atoms with Gasteiger partial charge in [-0.3, -0.25) is 14.4 Å². The highest BCUT2D eigenvalue weighted by atomic mass is 16.4. The summed E-state index contributed by atoms with van der Waals surface area (Å²) in [4.78, 5) is 49.0. The summed E-state index contributed by atoms with van der Waals surface area (Å²) < 4.78 is 0. The highest BCUT2D eigenvalue weighted by molar-refractivity contribution is 5.94. The van der Waals surface area contributed by atoms with Crippen LogP contribution in [0.25, 0.3) is 0 Å². The van der Waals surface area contributed by atoms with Gasteiger partial charge in [0, 0.05) is 6.42 Å². The Hall–Kier alpha value is -2.98. The molecule has 0 bridgehead atoms. The van der Waals surface area contributed by atoms with Crippen molar-refractivity contribution in [3.63, 3.8) is 0 Å². The van der Waals surface area contributed by atoms with Crippen molar-refractivity contribution in [1.82, 2.24) is 16.0 Å². The van der Waals surface area contributed by atoms with Crippen molar-refractivity contribution in [2.24, 2.45) is 11.7 Å². The second-order valence-corrected chi connectivity index (χ2v) is 8.28. The van der Waals surface area contributed by atoms with Crippen LogP contribution in [0.15, 0.2) is 30.3 Å². The van der Waals surface area contributed by atoms with Crippen molar-refractivity contribution >= 4 is 23.7 Å². The Kier molecular flexibility index (Phi) is 10.8. The quantitative estimate of drug-likeness (QED) is 0.250. The number of nitrogens with one attached hydrogen (secondary N) is 3. The van der Waals surface area contributed by atoms with E-state index in [0.29, 0.717) is 6.42 Å². The van der Waals surface area contributed by atoms with E-state index in [4.69, 9.17) is 5.73 Å². The predicted octanol–water partition coefficient (Wildman–Crippen LogP) is -0.458. The van der Waals surface area contributed by atoms with Gasteiger partial charge in [-0.1, -0.05) is 44.2 Å². The van der Waals surface area contributed by atoms with Gasteiger partial charge in [-0.25, -0.2) is 4.79 Å². The van der Waals surface area contributed by atoms with Crippen LogP contribution in [-0.4, -0.2) is 64.2 Å². The summed E-state index contributed by atoms with van der Waals surface area (Å²) in [6.45, 7) is 6.55. The number of carboxylic acid groups (broad SMARTS) is 1. The van der Waals surface area contributed by atoms with E-state index in [0.717, 1.165) is 5.56 Å². The predicted molar refractivity (Wildman–Crippen MR) is 118 cm³/mol. The molecule has 3 amide bonds. The fourth-order valence-corrected chi connectivity index (χ4v) is 3.00. The van der Waals surface area contributed by atoms with Gasteiger partial charge in [0.05, 0.1) is 12.1 Å². The summed E-state index contributed by atoms with van der Waals surface area (Å²) in [5.41, 5.74) is 6.57. The molecule has 0 aromatic heterocycles. The fourth-order valence-electron chi connectivity index (χ4n) is 3.00. The summed E-state index contributed by atoms with van der Waals surface area (Å²) in [6, 6.07) is 4.43. The van der Waals surface area contributed by atoms with Crippen molar-refractivity contribution in [3.8, 4) is 0 Å². The zero-order valence-corrected chi connectivity index (χ0v) is 18.9. The summed E-state index contributed by atoms with van der Waals surface area (Å²) in [5.74, 6) is -3.08. The Morgan fingerprint density at radius 2 is 1.50 bits per heavy atom. The molecule has 7 N–H and O–H groups in total. The van der Waals surface area contributed by atoms with Crippen molar-refractivity contribution in [2.75, 3.05) is 0 Å². The molecule has 5 atom stereocenters. The van der Waals surface area contributed by atoms with Crippen LogP contribution in [0.5, 0.6) is 0 Å². The number of aliphatic hydroxyl groups is 1. The Morgan fingerprint density at radius 3 is 2.00 bits per heavy atom. The second-order valence-electron chi connectivity index (χ2n) is 8.28. The first-order valence-corrected chi connectivity index (χ1v) is 10.5. The lowest BCUT2D eigenvalue weighted by Crippen LogP contribution is -2.58. The highest BCUT2D eigenvalue weighted by Crippen LogP contribution is 2.06. The molecule has 10 heteroatoms. The van der Waals surface area contributed by atoms with Crippen molar-refractivity contribution in [1.29, 1.82) is 0 Å². The monoisotopic (exact) mass is 450 g/mol. The van der Waals surface area contributed by atoms with Crippen LogP contribution in [0.1, 0.15) is 39.7 Å². The Balaban J connectivity index is 2.92. The lowest BCUT2D eigenvalue weighted by atomic mass is 10.0. The molecule has 0 heterocycles. The van der Waals surface area contributed by atoms with Gasteiger partial charge in [0.2, 0.25) is 17.7 Å². The van der Waals surface area contributed by atoms with E-state index in [-0.39, 0.29) is 12.3 Å². The third-order valence-electron chi connectivity index (χ3n) is 4.78. The summed E-state index contributed by atoms with van der Waals surface area (Å²) in [7, 11) is 0. The minimum atomic E-state index is -1.54. The van der Waals surface area contributed by atoms with Gasteiger partial charge in [-0.15, -0.1) is 0 Å². The van der Waals surface area contributed by atoms with E-state index in [9.17, 15) is 29.4 Å². The van der Waals surface area contributed by atoms with E-state index < -0.39 is 54.0 Å². The molecule has 0 aliphatic carbocycles. The number of carbonyl (C=O) groups is 4. The third kappa shape index (κ3) is 9.03. The number of amides is 3. The molecule has 1 aromatic carbocycles. The number of benzene rings is 1. The standard InChI is InChI=1S/C22H34N4O6/c1-12(2)10-16(23)20(29)24-13(3)19(28)25-17(11-15-8-6-5-7-9-15)21(30)26-18(14(4)27)22(31)32/h5-9,12-14,16-18,27H,10-11,23H2,1-4H3,(H,24,29)(H,25,28)(H,26,30)(H,31,32). The molecule has 0 saturated heterocycles. The van der Waals surface area contributed by atoms with Gasteiger partial charge >= 0.3 is 5.97 Å². The molecule has 0 saturated carbocycles. The van der Waals surface area contributed by atoms with Gasteiger partial charge in [-0.2, -0.15) is 0 Å². The second kappa shape index (κ2) is 12.8. The minimum Gasteiger partial charge on any atom is -0.480 e. The van der Waals surface area contributed by atoms with Gasteiger partial charge in [0.1, 0.15) is 12.1 Å². The van der Waals surface area contributed by atoms with Gasteiger partial charge in [0.15, 0.2) is 6.04 Å². The summed E-state index contributed by atoms with van der Waals surface area (Å²) in [6.07, 6.45) is -0.807. The van der Waals surface area contributed by atoms with Gasteiger partial charge < -0.3 is 31.9 Å². The average molecular weight is 451 g/mol. The van der Waals surface area contributed by atoms with E-state index in [1.807, 2.05) is 13.8 Å². The zero-order chi connectivity index (χ0) is 24.4. The molecule has 0 radical (unpaired) electrons. The number of carbonyl (C=O) groups excluding carboxylic acids is 3. The van der Waals surface area contributed by atoms with Crippen LogP contribution >= 0.6 is 0 Å². The molecule has 0 aliphatic rings. The van der Waals surface area contributed by atoms with Crippen LogP contribution in [0.3, 0.4) is 0 Å². The molecule has 1 aromatic rings. The first kappa shape index (κ1) is 27.1. The highest BCUT2D eigenvalue weighted by Gasteiger charge is 2.31. The van der Waals surface area contributed by atoms with Crippen LogP contribution < -0.4 is 21.7 Å². The third-order valence-corrected chi connectivity index (χ3v) is 4.78. The Bertz CT molecular complexity index is 784. The van der Waals surface area contributed by atoms with Crippen molar-refractivity contribution < 1.29 is 29.4 Å². The SMILES string of the molecule is CC(C)CC(N)C(=O)NC(C)C(=O)NC(Cc1ccccc1)C(=O)NC(C(=O)O)C(C)O. The van der Waals surface area contributed by atoms with Crippen LogP contribution in [-0.2, 0) is 25.6 Å². The fraction of sp³-hybridized carbons (Fsp3) is 0.545. The number of rotatable bonds is 12. The molecule has 178 valence electrons. The molecule has 0 fully saturated rings. The van der Waals surface area contributed by atoms with Crippen LogP contribution in [0.4, 0.5) is 0 Å². The minimum absolute atomic E-state index is 0.0814. The smallest absolute Gasteiger partial charge is 0.328 e. The number of hydrogen-bond acceptors (Lipinski definition) is 6. The lowest BCUT2D eigenvalue weighted by Gasteiger charge is -2.25. The number of nitrogens with two attached hydrogens (primary N) is 1. The van der Waals surface area contributed by atoms with E-state index in [1.54, 1.807) is 30.3 Å². The zero-order valence-electron chi connectivity index (χ0n) is 18.9. The topological polar surface area (TPSA) is 171 Å². The first-order chi connectivity index (χ1) is 14.9. The number of hydrogen-bond donors (Lipinski definition) is 6. The molecule has 1 rings (SSSR count). The number of aliphatic hydroxyl groups excluding tert-OH is 1. The van der Waals surface area contributed by atoms with Crippen molar-refractivity contribution in [2.45, 2.75) is 70.8 Å². The first-order valence-electron chi connectivity index (χ1n) is 10.5. The van der Waals surface area contributed by atoms with Gasteiger partial charge in [0.25, 0.3) is 0 Å². The van der Waals surface area contributed by atoms with Crippen molar-refractivity contribution in [3.05, 3.63) is 35.9 Å². The molecule has 0 aliphatic heterocycles. The van der Waals surface area contributed by atoms with E-state index in [1.165, 1.54) is 13.8 Å². The summed E-state index contributed by atoms with van der Waals surface area (Å²) >= 11 is 0. The Labute approximate surface area is 187 Å². The normalized spacial score (nSPS) is 15.7. The summed E-state index contributed by atoms with van der Waals surface area (Å²) in [5, 5.41) is 26.2. The molecule has 5 unspecified atom stereocenters. The molecular formula is C22H34N4O6. The maximum Gasteiger partial charge on any atom is 0.328 e. The van der Waals surface area contributed by atoms with E-state index in [2.05, 4.69) is 16.0 Å². The average Bonchev–Trinajstić information content (AvgIpc) is 2.70. The molecule has 10 nitrogen and oxygen atoms in total. The van der Waals surface area contributed by atoms with Crippen LogP contribution in [0.2, 0.25) is 0 Å². The maximum atomic E-state index is 12.8. The molecular weight excluding hydrogens is 416 g/mol. The molecule has 32 heavy (non-hydrogen) atoms. The van der Waals surface area contributed by atoms with Gasteiger partial charge in [-0.05, 0) is 31.7 Å². The largest absolute Gasteiger partial charge is 0.480 e. The molecule has 0 spiro atoms. The number of carboxylic acids is 1.